The molecule has 2 saturated heterocycles. The first-order valence-electron chi connectivity index (χ1n) is 14.0. The van der Waals surface area contributed by atoms with E-state index < -0.39 is 24.6 Å². The number of hydrogen-bond donors (Lipinski definition) is 1. The lowest BCUT2D eigenvalue weighted by Gasteiger charge is -2.42. The lowest BCUT2D eigenvalue weighted by molar-refractivity contribution is -0.198. The van der Waals surface area contributed by atoms with E-state index in [1.54, 1.807) is 12.1 Å². The van der Waals surface area contributed by atoms with Crippen molar-refractivity contribution in [1.82, 2.24) is 4.90 Å². The number of carboxylic acid groups (broad SMARTS) is 1. The van der Waals surface area contributed by atoms with Gasteiger partial charge in [-0.2, -0.15) is 0 Å². The Balaban J connectivity index is 1.68. The van der Waals surface area contributed by atoms with Crippen LogP contribution in [0.2, 0.25) is 0 Å². The summed E-state index contributed by atoms with van der Waals surface area (Å²) in [6.07, 6.45) is 6.87. The molecule has 0 spiro atoms. The number of carbonyl (C=O) groups is 3. The van der Waals surface area contributed by atoms with Crippen LogP contribution in [0.5, 0.6) is 5.75 Å². The molecule has 3 aliphatic heterocycles. The molecule has 39 heavy (non-hydrogen) atoms. The first-order valence-corrected chi connectivity index (χ1v) is 14.0. The number of amides is 2. The van der Waals surface area contributed by atoms with Gasteiger partial charge in [-0.05, 0) is 76.3 Å². The maximum absolute atomic E-state index is 13.9. The van der Waals surface area contributed by atoms with E-state index in [9.17, 15) is 14.4 Å². The third-order valence-electron chi connectivity index (χ3n) is 7.42. The van der Waals surface area contributed by atoms with E-state index in [-0.39, 0.29) is 25.0 Å². The van der Waals surface area contributed by atoms with Crippen molar-refractivity contribution >= 4 is 23.7 Å². The predicted octanol–water partition coefficient (Wildman–Crippen LogP) is 5.03. The summed E-state index contributed by atoms with van der Waals surface area (Å²) in [7, 11) is 0. The zero-order valence-electron chi connectivity index (χ0n) is 22.8. The van der Waals surface area contributed by atoms with Crippen LogP contribution in [0.1, 0.15) is 80.1 Å². The molecule has 0 aliphatic carbocycles. The molecule has 214 valence electrons. The highest BCUT2D eigenvalue weighted by Crippen LogP contribution is 2.40. The van der Waals surface area contributed by atoms with Crippen LogP contribution in [0.25, 0.3) is 0 Å². The maximum atomic E-state index is 13.9. The first kappa shape index (κ1) is 28.9. The number of aliphatic carboxylic acids is 1. The standard InChI is InChI=1S/C29H40N2O8/c1-3-15-38-29(35)31-23-19-24(36-16-9-4-5-12-25(32)33)20(2)18-21(23)27(34)30-14-8-6-11-22(30)28(31)39-26-13-7-10-17-37-26/h3,18-19,22,26,28H,1,4-17H2,2H3,(H,32,33)/t22-,26?,28?/m0/s1. The minimum Gasteiger partial charge on any atom is -0.493 e. The van der Waals surface area contributed by atoms with Gasteiger partial charge in [0.15, 0.2) is 12.5 Å². The number of nitrogens with zero attached hydrogens (tertiary/aromatic N) is 2. The van der Waals surface area contributed by atoms with E-state index in [2.05, 4.69) is 6.58 Å². The van der Waals surface area contributed by atoms with Gasteiger partial charge in [-0.1, -0.05) is 12.7 Å². The Labute approximate surface area is 229 Å². The Kier molecular flexibility index (Phi) is 10.2. The van der Waals surface area contributed by atoms with Gasteiger partial charge in [-0.25, -0.2) is 9.69 Å². The zero-order valence-corrected chi connectivity index (χ0v) is 22.8. The second-order valence-corrected chi connectivity index (χ2v) is 10.3. The molecule has 0 bridgehead atoms. The molecule has 4 rings (SSSR count). The fourth-order valence-corrected chi connectivity index (χ4v) is 5.44. The van der Waals surface area contributed by atoms with Crippen molar-refractivity contribution in [2.75, 3.05) is 31.3 Å². The molecule has 3 atom stereocenters. The number of benzene rings is 1. The second kappa shape index (κ2) is 13.8. The third-order valence-corrected chi connectivity index (χ3v) is 7.42. The highest BCUT2D eigenvalue weighted by molar-refractivity contribution is 6.05. The van der Waals surface area contributed by atoms with E-state index in [0.717, 1.165) is 37.7 Å². The number of ether oxygens (including phenoxy) is 4. The number of rotatable bonds is 11. The molecule has 0 saturated carbocycles. The van der Waals surface area contributed by atoms with Gasteiger partial charge in [0.05, 0.1) is 23.9 Å². The molecule has 3 aliphatic rings. The topological polar surface area (TPSA) is 115 Å². The monoisotopic (exact) mass is 544 g/mol. The second-order valence-electron chi connectivity index (χ2n) is 10.3. The number of aryl methyl sites for hydroxylation is 1. The number of carboxylic acids is 1. The van der Waals surface area contributed by atoms with Crippen molar-refractivity contribution in [2.45, 2.75) is 89.7 Å². The summed E-state index contributed by atoms with van der Waals surface area (Å²) < 4.78 is 24.0. The molecule has 2 amide bonds. The van der Waals surface area contributed by atoms with Crippen LogP contribution in [-0.2, 0) is 19.0 Å². The molecule has 1 N–H and O–H groups in total. The number of fused-ring (bicyclic) bond motifs is 2. The van der Waals surface area contributed by atoms with Crippen molar-refractivity contribution in [1.29, 1.82) is 0 Å². The van der Waals surface area contributed by atoms with Gasteiger partial charge in [0.2, 0.25) is 0 Å². The average Bonchev–Trinajstić information content (AvgIpc) is 3.03. The Bertz CT molecular complexity index is 1040. The summed E-state index contributed by atoms with van der Waals surface area (Å²) in [6, 6.07) is 3.15. The molecule has 10 heteroatoms. The highest BCUT2D eigenvalue weighted by atomic mass is 16.7. The van der Waals surface area contributed by atoms with Gasteiger partial charge in [0, 0.05) is 25.6 Å². The maximum Gasteiger partial charge on any atom is 0.416 e. The van der Waals surface area contributed by atoms with Gasteiger partial charge in [0.1, 0.15) is 12.4 Å². The fraction of sp³-hybridized carbons (Fsp3) is 0.621. The molecular formula is C29H40N2O8. The molecule has 1 aromatic rings. The molecule has 2 unspecified atom stereocenters. The van der Waals surface area contributed by atoms with Gasteiger partial charge >= 0.3 is 12.1 Å². The number of carbonyl (C=O) groups excluding carboxylic acids is 2. The SMILES string of the molecule is C=CCOC(=O)N1c2cc(OCCCCCC(=O)O)c(C)cc2C(=O)N2CCCC[C@H]2C1OC1CCCCO1. The minimum atomic E-state index is -0.808. The summed E-state index contributed by atoms with van der Waals surface area (Å²) >= 11 is 0. The molecule has 10 nitrogen and oxygen atoms in total. The van der Waals surface area contributed by atoms with Crippen LogP contribution >= 0.6 is 0 Å². The molecule has 2 fully saturated rings. The summed E-state index contributed by atoms with van der Waals surface area (Å²) in [6.45, 7) is 7.11. The Morgan fingerprint density at radius 3 is 2.72 bits per heavy atom. The van der Waals surface area contributed by atoms with Gasteiger partial charge < -0.3 is 29.0 Å². The van der Waals surface area contributed by atoms with Crippen LogP contribution in [0, 0.1) is 6.92 Å². The summed E-state index contributed by atoms with van der Waals surface area (Å²) in [4.78, 5) is 41.6. The van der Waals surface area contributed by atoms with E-state index in [4.69, 9.17) is 24.1 Å². The summed E-state index contributed by atoms with van der Waals surface area (Å²) in [5.74, 6) is -0.402. The van der Waals surface area contributed by atoms with E-state index in [0.29, 0.717) is 62.4 Å². The van der Waals surface area contributed by atoms with Crippen LogP contribution < -0.4 is 9.64 Å². The van der Waals surface area contributed by atoms with Gasteiger partial charge in [0.25, 0.3) is 5.91 Å². The van der Waals surface area contributed by atoms with E-state index >= 15 is 0 Å². The molecule has 0 radical (unpaired) electrons. The average molecular weight is 545 g/mol. The normalized spacial score (nSPS) is 22.9. The first-order chi connectivity index (χ1) is 18.9. The van der Waals surface area contributed by atoms with Crippen molar-refractivity contribution in [3.8, 4) is 5.75 Å². The highest BCUT2D eigenvalue weighted by Gasteiger charge is 2.46. The van der Waals surface area contributed by atoms with Crippen molar-refractivity contribution in [3.05, 3.63) is 35.9 Å². The summed E-state index contributed by atoms with van der Waals surface area (Å²) in [5.41, 5.74) is 1.56. The Hall–Kier alpha value is -3.11. The molecule has 1 aromatic carbocycles. The van der Waals surface area contributed by atoms with Gasteiger partial charge in [-0.3, -0.25) is 9.59 Å². The number of hydrogen-bond acceptors (Lipinski definition) is 7. The molecule has 0 aromatic heterocycles. The van der Waals surface area contributed by atoms with Crippen molar-refractivity contribution in [2.24, 2.45) is 0 Å². The zero-order chi connectivity index (χ0) is 27.8. The quantitative estimate of drug-likeness (QED) is 0.305. The number of piperidine rings is 1. The van der Waals surface area contributed by atoms with Crippen LogP contribution in [0.4, 0.5) is 10.5 Å². The predicted molar refractivity (Wildman–Crippen MR) is 144 cm³/mol. The van der Waals surface area contributed by atoms with E-state index in [1.165, 1.54) is 11.0 Å². The van der Waals surface area contributed by atoms with Crippen LogP contribution in [0.15, 0.2) is 24.8 Å². The fourth-order valence-electron chi connectivity index (χ4n) is 5.44. The largest absolute Gasteiger partial charge is 0.493 e. The van der Waals surface area contributed by atoms with Crippen LogP contribution in [0.3, 0.4) is 0 Å². The van der Waals surface area contributed by atoms with Crippen molar-refractivity contribution < 1.29 is 38.4 Å². The Morgan fingerprint density at radius 1 is 1.15 bits per heavy atom. The van der Waals surface area contributed by atoms with E-state index in [1.807, 2.05) is 11.8 Å². The number of unbranched alkanes of at least 4 members (excludes halogenated alkanes) is 2. The van der Waals surface area contributed by atoms with Crippen molar-refractivity contribution in [3.63, 3.8) is 0 Å². The third kappa shape index (κ3) is 7.10. The molecular weight excluding hydrogens is 504 g/mol. The number of anilines is 1. The summed E-state index contributed by atoms with van der Waals surface area (Å²) in [5, 5.41) is 8.84. The minimum absolute atomic E-state index is 0.0191. The van der Waals surface area contributed by atoms with Crippen LogP contribution in [-0.4, -0.2) is 72.9 Å². The van der Waals surface area contributed by atoms with Gasteiger partial charge in [-0.15, -0.1) is 0 Å². The lowest BCUT2D eigenvalue weighted by atomic mass is 10.00. The smallest absolute Gasteiger partial charge is 0.416 e. The lowest BCUT2D eigenvalue weighted by Crippen LogP contribution is -2.57. The Morgan fingerprint density at radius 2 is 1.97 bits per heavy atom. The molecule has 3 heterocycles.